The van der Waals surface area contributed by atoms with Crippen LogP contribution in [0.5, 0.6) is 0 Å². The molecule has 0 spiro atoms. The number of Topliss-reactive ketones (excluding diaryl/α,β-unsaturated/α-hetero) is 1. The Morgan fingerprint density at radius 3 is 2.66 bits per heavy atom. The molecule has 0 aromatic rings. The van der Waals surface area contributed by atoms with Crippen LogP contribution in [0.4, 0.5) is 0 Å². The Balaban J connectivity index is 1.51. The second kappa shape index (κ2) is 8.00. The zero-order valence-corrected chi connectivity index (χ0v) is 19.2. The summed E-state index contributed by atoms with van der Waals surface area (Å²) in [5.74, 6) is 4.13. The molecule has 0 aromatic carbocycles. The maximum Gasteiger partial charge on any atom is 0.305 e. The summed E-state index contributed by atoms with van der Waals surface area (Å²) in [4.78, 5) is 25.6. The molecule has 4 aliphatic rings. The molecular weight excluding hydrogens is 360 g/mol. The van der Waals surface area contributed by atoms with Crippen molar-refractivity contribution >= 4 is 11.8 Å². The van der Waals surface area contributed by atoms with Crippen LogP contribution in [0.1, 0.15) is 98.3 Å². The zero-order valence-electron chi connectivity index (χ0n) is 19.2. The molecule has 0 radical (unpaired) electrons. The van der Waals surface area contributed by atoms with Gasteiger partial charge in [-0.15, -0.1) is 0 Å². The smallest absolute Gasteiger partial charge is 0.305 e. The van der Waals surface area contributed by atoms with Crippen LogP contribution in [0.2, 0.25) is 0 Å². The largest absolute Gasteiger partial charge is 0.466 e. The van der Waals surface area contributed by atoms with Gasteiger partial charge in [0, 0.05) is 18.3 Å². The first-order valence-electron chi connectivity index (χ1n) is 12.5. The third-order valence-corrected chi connectivity index (χ3v) is 10.3. The standard InChI is InChI=1S/C26H42O3/c1-5-29-24(28)14-9-17(2)20-12-13-21-19-11-10-18-8-6-7-15-25(18,3)22(19)16-23(27)26(20,21)4/h17-22H,5-16H2,1-4H3/t17-,18-,19-,20+,21-,22-,25+,26-/m1/s1. The summed E-state index contributed by atoms with van der Waals surface area (Å²) in [7, 11) is 0. The number of fused-ring (bicyclic) bond motifs is 5. The molecule has 4 aliphatic carbocycles. The van der Waals surface area contributed by atoms with Crippen molar-refractivity contribution in [2.45, 2.75) is 98.3 Å². The number of ether oxygens (including phenoxy) is 1. The summed E-state index contributed by atoms with van der Waals surface area (Å²) in [5.41, 5.74) is 0.249. The predicted octanol–water partition coefficient (Wildman–Crippen LogP) is 6.19. The van der Waals surface area contributed by atoms with E-state index in [1.165, 1.54) is 51.4 Å². The molecule has 0 heterocycles. The first-order chi connectivity index (χ1) is 13.8. The van der Waals surface area contributed by atoms with E-state index < -0.39 is 0 Å². The van der Waals surface area contributed by atoms with Crippen molar-refractivity contribution in [2.75, 3.05) is 6.61 Å². The van der Waals surface area contributed by atoms with E-state index in [0.717, 1.165) is 24.7 Å². The van der Waals surface area contributed by atoms with Gasteiger partial charge in [0.15, 0.2) is 0 Å². The number of ketones is 1. The Morgan fingerprint density at radius 2 is 1.90 bits per heavy atom. The highest BCUT2D eigenvalue weighted by molar-refractivity contribution is 5.87. The van der Waals surface area contributed by atoms with E-state index in [1.807, 2.05) is 6.92 Å². The van der Waals surface area contributed by atoms with E-state index in [9.17, 15) is 9.59 Å². The molecule has 3 nitrogen and oxygen atoms in total. The number of carbonyl (C=O) groups is 2. The van der Waals surface area contributed by atoms with Gasteiger partial charge in [0.1, 0.15) is 5.78 Å². The maximum absolute atomic E-state index is 13.7. The van der Waals surface area contributed by atoms with Crippen LogP contribution < -0.4 is 0 Å². The average Bonchev–Trinajstić information content (AvgIpc) is 3.06. The predicted molar refractivity (Wildman–Crippen MR) is 115 cm³/mol. The topological polar surface area (TPSA) is 43.4 Å². The van der Waals surface area contributed by atoms with Crippen LogP contribution in [-0.2, 0) is 14.3 Å². The molecule has 3 heteroatoms. The first kappa shape index (κ1) is 21.4. The minimum Gasteiger partial charge on any atom is -0.466 e. The summed E-state index contributed by atoms with van der Waals surface area (Å²) >= 11 is 0. The van der Waals surface area contributed by atoms with Gasteiger partial charge in [-0.25, -0.2) is 0 Å². The Labute approximate surface area is 177 Å². The lowest BCUT2D eigenvalue weighted by Crippen LogP contribution is -2.56. The van der Waals surface area contributed by atoms with Crippen molar-refractivity contribution in [2.24, 2.45) is 46.3 Å². The van der Waals surface area contributed by atoms with E-state index >= 15 is 0 Å². The summed E-state index contributed by atoms with van der Waals surface area (Å²) in [6, 6.07) is 0. The molecule has 4 rings (SSSR count). The Hall–Kier alpha value is -0.860. The van der Waals surface area contributed by atoms with Gasteiger partial charge in [0.05, 0.1) is 6.61 Å². The third-order valence-electron chi connectivity index (χ3n) is 10.3. The molecule has 4 fully saturated rings. The first-order valence-corrected chi connectivity index (χ1v) is 12.5. The van der Waals surface area contributed by atoms with Crippen LogP contribution in [-0.4, -0.2) is 18.4 Å². The van der Waals surface area contributed by atoms with Gasteiger partial charge < -0.3 is 4.74 Å². The van der Waals surface area contributed by atoms with Crippen LogP contribution in [0, 0.1) is 46.3 Å². The fraction of sp³-hybridized carbons (Fsp3) is 0.923. The van der Waals surface area contributed by atoms with Gasteiger partial charge in [-0.3, -0.25) is 9.59 Å². The second-order valence-electron chi connectivity index (χ2n) is 11.3. The molecular formula is C26H42O3. The highest BCUT2D eigenvalue weighted by Crippen LogP contribution is 2.67. The van der Waals surface area contributed by atoms with E-state index in [4.69, 9.17) is 4.74 Å². The summed E-state index contributed by atoms with van der Waals surface area (Å²) in [6.07, 6.45) is 12.8. The van der Waals surface area contributed by atoms with Crippen LogP contribution in [0.25, 0.3) is 0 Å². The minimum atomic E-state index is -0.160. The average molecular weight is 403 g/mol. The van der Waals surface area contributed by atoms with E-state index in [2.05, 4.69) is 20.8 Å². The van der Waals surface area contributed by atoms with Gasteiger partial charge in [-0.1, -0.05) is 33.6 Å². The van der Waals surface area contributed by atoms with Gasteiger partial charge in [-0.05, 0) is 92.8 Å². The van der Waals surface area contributed by atoms with Gasteiger partial charge >= 0.3 is 5.97 Å². The molecule has 164 valence electrons. The SMILES string of the molecule is CCOC(=O)CC[C@@H](C)[C@@H]1CC[C@@H]2[C@H]3CC[C@H]4CCCC[C@]4(C)[C@@H]3CC(=O)[C@@]21C. The number of hydrogen-bond donors (Lipinski definition) is 0. The highest BCUT2D eigenvalue weighted by Gasteiger charge is 2.63. The molecule has 4 saturated carbocycles. The van der Waals surface area contributed by atoms with Gasteiger partial charge in [-0.2, -0.15) is 0 Å². The normalized spacial score (nSPS) is 45.1. The maximum atomic E-state index is 13.7. The molecule has 0 saturated heterocycles. The molecule has 0 amide bonds. The van der Waals surface area contributed by atoms with Crippen molar-refractivity contribution < 1.29 is 14.3 Å². The van der Waals surface area contributed by atoms with Crippen LogP contribution in [0.3, 0.4) is 0 Å². The number of esters is 1. The van der Waals surface area contributed by atoms with E-state index in [-0.39, 0.29) is 11.4 Å². The van der Waals surface area contributed by atoms with Crippen molar-refractivity contribution in [1.82, 2.24) is 0 Å². The van der Waals surface area contributed by atoms with E-state index in [1.54, 1.807) is 0 Å². The van der Waals surface area contributed by atoms with Crippen molar-refractivity contribution in [3.63, 3.8) is 0 Å². The lowest BCUT2D eigenvalue weighted by molar-refractivity contribution is -0.157. The molecule has 29 heavy (non-hydrogen) atoms. The molecule has 0 bridgehead atoms. The lowest BCUT2D eigenvalue weighted by Gasteiger charge is -2.60. The Bertz CT molecular complexity index is 642. The summed E-state index contributed by atoms with van der Waals surface area (Å²) in [6.45, 7) is 9.44. The quantitative estimate of drug-likeness (QED) is 0.515. The van der Waals surface area contributed by atoms with Gasteiger partial charge in [0.25, 0.3) is 0 Å². The van der Waals surface area contributed by atoms with Crippen LogP contribution in [0.15, 0.2) is 0 Å². The molecule has 0 aliphatic heterocycles. The van der Waals surface area contributed by atoms with Crippen molar-refractivity contribution in [3.8, 4) is 0 Å². The molecule has 0 N–H and O–H groups in total. The number of rotatable bonds is 5. The lowest BCUT2D eigenvalue weighted by atomic mass is 9.44. The molecule has 0 aromatic heterocycles. The van der Waals surface area contributed by atoms with Crippen molar-refractivity contribution in [1.29, 1.82) is 0 Å². The number of carbonyl (C=O) groups excluding carboxylic acids is 2. The van der Waals surface area contributed by atoms with E-state index in [0.29, 0.717) is 47.9 Å². The summed E-state index contributed by atoms with van der Waals surface area (Å²) < 4.78 is 5.13. The minimum absolute atomic E-state index is 0.0855. The fourth-order valence-corrected chi connectivity index (χ4v) is 8.72. The second-order valence-corrected chi connectivity index (χ2v) is 11.3. The number of hydrogen-bond acceptors (Lipinski definition) is 3. The summed E-state index contributed by atoms with van der Waals surface area (Å²) in [5, 5.41) is 0. The highest BCUT2D eigenvalue weighted by atomic mass is 16.5. The third kappa shape index (κ3) is 3.39. The Morgan fingerprint density at radius 1 is 1.10 bits per heavy atom. The Kier molecular flexibility index (Phi) is 5.90. The zero-order chi connectivity index (χ0) is 20.8. The molecule has 8 atom stereocenters. The van der Waals surface area contributed by atoms with Crippen LogP contribution >= 0.6 is 0 Å². The van der Waals surface area contributed by atoms with Crippen molar-refractivity contribution in [3.05, 3.63) is 0 Å². The molecule has 0 unspecified atom stereocenters. The fourth-order valence-electron chi connectivity index (χ4n) is 8.72. The van der Waals surface area contributed by atoms with Gasteiger partial charge in [0.2, 0.25) is 0 Å². The monoisotopic (exact) mass is 402 g/mol.